The summed E-state index contributed by atoms with van der Waals surface area (Å²) in [5.74, 6) is -13.8. The number of benzene rings is 2. The van der Waals surface area contributed by atoms with E-state index in [-0.39, 0.29) is 37.1 Å². The Morgan fingerprint density at radius 3 is 1.46 bits per heavy atom. The highest BCUT2D eigenvalue weighted by molar-refractivity contribution is 6.11. The van der Waals surface area contributed by atoms with E-state index >= 15 is 9.59 Å². The lowest BCUT2D eigenvalue weighted by molar-refractivity contribution is -0.385. The molecule has 93 heavy (non-hydrogen) atoms. The van der Waals surface area contributed by atoms with Gasteiger partial charge < -0.3 is 70.3 Å². The molecular weight excluding hydrogens is 1210 g/mol. The van der Waals surface area contributed by atoms with Crippen molar-refractivity contribution in [2.75, 3.05) is 60.1 Å². The minimum atomic E-state index is -1.96. The number of likely N-dealkylation sites (N-methyl/N-ethyl adjacent to an activating group) is 4. The van der Waals surface area contributed by atoms with Crippen molar-refractivity contribution < 1.29 is 76.3 Å². The van der Waals surface area contributed by atoms with E-state index in [9.17, 15) is 62.9 Å². The first-order valence-corrected chi connectivity index (χ1v) is 31.0. The fourth-order valence-corrected chi connectivity index (χ4v) is 12.5. The van der Waals surface area contributed by atoms with Crippen LogP contribution in [0.2, 0.25) is 0 Å². The molecule has 1 aromatic rings. The highest BCUT2D eigenvalue weighted by Crippen LogP contribution is 2.38. The zero-order valence-electron chi connectivity index (χ0n) is 55.3. The van der Waals surface area contributed by atoms with Crippen molar-refractivity contribution in [2.45, 2.75) is 169 Å². The number of carbonyl (C=O) groups is 12. The predicted molar refractivity (Wildman–Crippen MR) is 332 cm³/mol. The molecular formula is C62H85N13O18. The summed E-state index contributed by atoms with van der Waals surface area (Å²) in [5, 5.41) is 23.2. The number of fused-ring (bicyclic) bond motifs is 4. The van der Waals surface area contributed by atoms with E-state index in [0.29, 0.717) is 12.8 Å². The first-order chi connectivity index (χ1) is 43.4. The summed E-state index contributed by atoms with van der Waals surface area (Å²) in [6.45, 7) is 17.2. The van der Waals surface area contributed by atoms with Gasteiger partial charge in [0.2, 0.25) is 52.7 Å². The first kappa shape index (κ1) is 71.1. The van der Waals surface area contributed by atoms with Gasteiger partial charge in [-0.15, -0.1) is 0 Å². The third kappa shape index (κ3) is 14.2. The SMILES string of the molecule is Cc1c2oc3c(C)c([N+](=O)[O-])cc(C(=O)NC4C(=O)NC(C(C)C)C(=O)N5CCCC5C(=O)N(C)CC(=O)N(C)C(C(C)C)C(=O)OC4C)c3nc-2c(C(=O)NC2C(=O)NC(C(C)C)C(=O)N3CCCC3C(=O)N(C)CC(=O)N(C)C(C(C)C)C(=O)OC2C)c(N)c1=O. The van der Waals surface area contributed by atoms with Gasteiger partial charge in [-0.2, -0.15) is 0 Å². The summed E-state index contributed by atoms with van der Waals surface area (Å²) in [6, 6.07) is -10.6. The molecule has 7 rings (SSSR count). The van der Waals surface area contributed by atoms with Crippen LogP contribution in [-0.2, 0) is 57.4 Å². The lowest BCUT2D eigenvalue weighted by atomic mass is 9.98. The Balaban J connectivity index is 1.37. The van der Waals surface area contributed by atoms with Crippen LogP contribution in [-0.4, -0.2) is 225 Å². The van der Waals surface area contributed by atoms with Crippen molar-refractivity contribution in [3.05, 3.63) is 48.7 Å². The molecule has 10 amide bonds. The molecule has 6 N–H and O–H groups in total. The number of esters is 2. The van der Waals surface area contributed by atoms with Gasteiger partial charge in [0.1, 0.15) is 71.8 Å². The summed E-state index contributed by atoms with van der Waals surface area (Å²) in [5.41, 5.74) is 0.376. The van der Waals surface area contributed by atoms with E-state index in [0.717, 1.165) is 20.8 Å². The maximum absolute atomic E-state index is 15.2. The lowest BCUT2D eigenvalue weighted by Crippen LogP contribution is -2.61. The molecule has 0 spiro atoms. The van der Waals surface area contributed by atoms with Crippen LogP contribution in [0.5, 0.6) is 0 Å². The molecule has 10 atom stereocenters. The van der Waals surface area contributed by atoms with Gasteiger partial charge in [-0.25, -0.2) is 14.6 Å². The van der Waals surface area contributed by atoms with Crippen molar-refractivity contribution in [1.29, 1.82) is 0 Å². The van der Waals surface area contributed by atoms with Gasteiger partial charge in [-0.05, 0) is 77.0 Å². The van der Waals surface area contributed by atoms with E-state index in [1.54, 1.807) is 55.4 Å². The minimum Gasteiger partial charge on any atom is -0.458 e. The molecule has 4 fully saturated rings. The number of amides is 10. The second kappa shape index (κ2) is 28.3. The van der Waals surface area contributed by atoms with Gasteiger partial charge in [0.25, 0.3) is 17.5 Å². The number of aromatic nitrogens is 1. The molecule has 1 aromatic carbocycles. The topological polar surface area (TPSA) is 403 Å². The lowest BCUT2D eigenvalue weighted by Gasteiger charge is -2.36. The molecule has 5 heterocycles. The van der Waals surface area contributed by atoms with Crippen LogP contribution in [0, 0.1) is 47.6 Å². The van der Waals surface area contributed by atoms with Crippen LogP contribution in [0.25, 0.3) is 22.6 Å². The molecule has 0 radical (unpaired) electrons. The van der Waals surface area contributed by atoms with Gasteiger partial charge in [0.05, 0.1) is 40.4 Å². The maximum atomic E-state index is 15.2. The number of carbonyl (C=O) groups excluding carboxylic acids is 12. The van der Waals surface area contributed by atoms with Gasteiger partial charge in [0, 0.05) is 52.9 Å². The predicted octanol–water partition coefficient (Wildman–Crippen LogP) is 0.634. The Hall–Kier alpha value is -9.32. The largest absolute Gasteiger partial charge is 0.458 e. The van der Waals surface area contributed by atoms with E-state index < -0.39 is 224 Å². The number of cyclic esters (lactones) is 2. The summed E-state index contributed by atoms with van der Waals surface area (Å²) in [4.78, 5) is 211. The highest BCUT2D eigenvalue weighted by atomic mass is 16.6. The monoisotopic (exact) mass is 1300 g/mol. The molecule has 6 aliphatic rings. The van der Waals surface area contributed by atoms with Crippen molar-refractivity contribution in [3.63, 3.8) is 0 Å². The number of hydrogen-bond donors (Lipinski definition) is 5. The van der Waals surface area contributed by atoms with Gasteiger partial charge in [-0.1, -0.05) is 55.4 Å². The molecule has 506 valence electrons. The molecule has 31 nitrogen and oxygen atoms in total. The number of nitrogen functional groups attached to an aromatic ring is 1. The molecule has 4 saturated heterocycles. The zero-order valence-corrected chi connectivity index (χ0v) is 55.3. The Kier molecular flexibility index (Phi) is 21.6. The quantitative estimate of drug-likeness (QED) is 0.0645. The second-order valence-electron chi connectivity index (χ2n) is 25.9. The molecule has 5 aliphatic heterocycles. The number of nitro groups is 1. The molecule has 10 unspecified atom stereocenters. The minimum absolute atomic E-state index is 0.116. The fraction of sp³-hybridized carbons (Fsp3) is 0.613. The number of nitrogens with one attached hydrogen (secondary N) is 4. The maximum Gasteiger partial charge on any atom is 0.329 e. The molecule has 0 aromatic heterocycles. The third-order valence-corrected chi connectivity index (χ3v) is 17.9. The fourth-order valence-electron chi connectivity index (χ4n) is 12.5. The average Bonchev–Trinajstić information content (AvgIpc) is 1.33. The highest BCUT2D eigenvalue weighted by Gasteiger charge is 2.47. The number of anilines is 1. The van der Waals surface area contributed by atoms with Crippen LogP contribution in [0.15, 0.2) is 15.3 Å². The smallest absolute Gasteiger partial charge is 0.329 e. The number of aryl methyl sites for hydroxylation is 1. The van der Waals surface area contributed by atoms with Crippen molar-refractivity contribution in [2.24, 2.45) is 23.7 Å². The van der Waals surface area contributed by atoms with Crippen LogP contribution < -0.4 is 32.4 Å². The zero-order chi connectivity index (χ0) is 69.4. The Morgan fingerprint density at radius 1 is 0.645 bits per heavy atom. The van der Waals surface area contributed by atoms with E-state index in [1.807, 2.05) is 0 Å². The average molecular weight is 1300 g/mol. The summed E-state index contributed by atoms with van der Waals surface area (Å²) < 4.78 is 18.1. The molecule has 31 heteroatoms. The van der Waals surface area contributed by atoms with Crippen molar-refractivity contribution in [1.82, 2.24) is 55.7 Å². The Morgan fingerprint density at radius 2 is 1.06 bits per heavy atom. The van der Waals surface area contributed by atoms with Crippen LogP contribution in [0.1, 0.15) is 127 Å². The number of hydrogen-bond acceptors (Lipinski definition) is 20. The standard InChI is InChI=1S/C62H85N13O18/c1-26(2)42-59(85)73-21-17-19-35(73)57(83)69(13)24-38(76)71(15)48(28(5)6)61(87)91-32(11)44(55(81)65-42)67-53(79)34-23-37(75(89)90)30(9)51-46(34)64-47-40(41(63)50(78)31(10)52(47)93-51)54(80)68-45-33(12)92-62(88)49(29(7)8)72(16)39(77)25-70(14)58(84)36-20-18-22-74(36)60(86)43(27(3)4)66-56(45)82/h23,26-29,32-33,35-36,42-45,48-49H,17-22,24-25,63H2,1-16H3,(H,65,81)(H,66,82)(H,67,79)(H,68,80). The van der Waals surface area contributed by atoms with Crippen LogP contribution >= 0.6 is 0 Å². The van der Waals surface area contributed by atoms with Crippen LogP contribution in [0.3, 0.4) is 0 Å². The third-order valence-electron chi connectivity index (χ3n) is 17.9. The van der Waals surface area contributed by atoms with Gasteiger partial charge in [0.15, 0.2) is 11.3 Å². The second-order valence-corrected chi connectivity index (χ2v) is 25.9. The first-order valence-electron chi connectivity index (χ1n) is 31.0. The van der Waals surface area contributed by atoms with Gasteiger partial charge in [-0.3, -0.25) is 62.9 Å². The Bertz CT molecular complexity index is 3590. The van der Waals surface area contributed by atoms with Crippen LogP contribution in [0.4, 0.5) is 11.4 Å². The number of nitro benzene ring substituents is 1. The van der Waals surface area contributed by atoms with Crippen molar-refractivity contribution in [3.8, 4) is 11.5 Å². The molecule has 1 aliphatic carbocycles. The number of nitrogens with two attached hydrogens (primary N) is 1. The van der Waals surface area contributed by atoms with E-state index in [4.69, 9.17) is 19.6 Å². The number of ether oxygens (including phenoxy) is 2. The molecule has 0 bridgehead atoms. The summed E-state index contributed by atoms with van der Waals surface area (Å²) in [7, 11) is 5.45. The number of rotatable bonds is 9. The number of nitrogens with zero attached hydrogens (tertiary/aromatic N) is 8. The van der Waals surface area contributed by atoms with Gasteiger partial charge >= 0.3 is 11.9 Å². The van der Waals surface area contributed by atoms with Crippen molar-refractivity contribution >= 4 is 93.5 Å². The molecule has 0 saturated carbocycles. The summed E-state index contributed by atoms with van der Waals surface area (Å²) >= 11 is 0. The van der Waals surface area contributed by atoms with E-state index in [2.05, 4.69) is 26.3 Å². The Labute approximate surface area is 536 Å². The normalized spacial score (nSPS) is 25.7. The van der Waals surface area contributed by atoms with E-state index in [1.165, 1.54) is 70.6 Å². The summed E-state index contributed by atoms with van der Waals surface area (Å²) in [6.07, 6.45) is -2.02.